The van der Waals surface area contributed by atoms with E-state index in [1.807, 2.05) is 13.8 Å². The molecule has 0 atom stereocenters. The van der Waals surface area contributed by atoms with Crippen LogP contribution in [0.25, 0.3) is 11.1 Å². The summed E-state index contributed by atoms with van der Waals surface area (Å²) in [6.07, 6.45) is 0. The first-order valence-electron chi connectivity index (χ1n) is 7.25. The van der Waals surface area contributed by atoms with Crippen molar-refractivity contribution >= 4 is 22.7 Å². The van der Waals surface area contributed by atoms with E-state index in [2.05, 4.69) is 10.5 Å². The molecule has 0 saturated heterocycles. The zero-order valence-corrected chi connectivity index (χ0v) is 13.3. The highest BCUT2D eigenvalue weighted by molar-refractivity contribution is 6.06. The molecule has 2 aromatic heterocycles. The van der Waals surface area contributed by atoms with Crippen molar-refractivity contribution < 1.29 is 13.7 Å². The summed E-state index contributed by atoms with van der Waals surface area (Å²) >= 11 is 0. The molecular weight excluding hydrogens is 298 g/mol. The van der Waals surface area contributed by atoms with E-state index in [0.29, 0.717) is 33.8 Å². The first-order valence-corrected chi connectivity index (χ1v) is 7.25. The number of hydrogen-bond donors (Lipinski definition) is 1. The maximum Gasteiger partial charge on any atom is 0.419 e. The Labute approximate surface area is 131 Å². The van der Waals surface area contributed by atoms with Crippen LogP contribution in [0.3, 0.4) is 0 Å². The number of aromatic nitrogens is 2. The van der Waals surface area contributed by atoms with Gasteiger partial charge in [-0.3, -0.25) is 9.36 Å². The van der Waals surface area contributed by atoms with Gasteiger partial charge in [0.25, 0.3) is 5.91 Å². The van der Waals surface area contributed by atoms with E-state index < -0.39 is 5.76 Å². The van der Waals surface area contributed by atoms with Crippen molar-refractivity contribution in [3.8, 4) is 0 Å². The second-order valence-electron chi connectivity index (χ2n) is 5.73. The smallest absolute Gasteiger partial charge is 0.408 e. The van der Waals surface area contributed by atoms with E-state index in [-0.39, 0.29) is 11.8 Å². The lowest BCUT2D eigenvalue weighted by Crippen LogP contribution is -2.14. The second-order valence-corrected chi connectivity index (χ2v) is 5.73. The predicted molar refractivity (Wildman–Crippen MR) is 84.7 cm³/mol. The fraction of sp³-hybridized carbons (Fsp3) is 0.312. The van der Waals surface area contributed by atoms with Gasteiger partial charge in [-0.15, -0.1) is 0 Å². The van der Waals surface area contributed by atoms with Crippen molar-refractivity contribution in [2.45, 2.75) is 26.7 Å². The van der Waals surface area contributed by atoms with Crippen LogP contribution in [0.15, 0.2) is 31.9 Å². The van der Waals surface area contributed by atoms with Crippen LogP contribution in [0, 0.1) is 6.92 Å². The van der Waals surface area contributed by atoms with E-state index in [4.69, 9.17) is 8.94 Å². The average Bonchev–Trinajstić information content (AvgIpc) is 3.00. The molecule has 0 saturated carbocycles. The molecule has 7 nitrogen and oxygen atoms in total. The molecule has 3 aromatic rings. The first-order chi connectivity index (χ1) is 10.9. The molecule has 120 valence electrons. The second kappa shape index (κ2) is 5.42. The molecular formula is C16H17N3O4. The summed E-state index contributed by atoms with van der Waals surface area (Å²) in [7, 11) is 1.63. The molecule has 1 amide bonds. The Morgan fingerprint density at radius 2 is 2.09 bits per heavy atom. The Morgan fingerprint density at radius 1 is 1.35 bits per heavy atom. The van der Waals surface area contributed by atoms with E-state index in [0.717, 1.165) is 0 Å². The van der Waals surface area contributed by atoms with Crippen LogP contribution in [0.1, 0.15) is 41.6 Å². The molecule has 23 heavy (non-hydrogen) atoms. The minimum absolute atomic E-state index is 0.0478. The third-order valence-corrected chi connectivity index (χ3v) is 3.69. The van der Waals surface area contributed by atoms with Gasteiger partial charge in [0, 0.05) is 24.7 Å². The van der Waals surface area contributed by atoms with Gasteiger partial charge in [-0.2, -0.15) is 0 Å². The molecule has 0 aliphatic heterocycles. The molecule has 3 rings (SSSR count). The maximum atomic E-state index is 12.5. The fourth-order valence-electron chi connectivity index (χ4n) is 2.46. The zero-order valence-electron chi connectivity index (χ0n) is 13.3. The Hall–Kier alpha value is -2.83. The highest BCUT2D eigenvalue weighted by atomic mass is 16.5. The van der Waals surface area contributed by atoms with Crippen molar-refractivity contribution in [1.29, 1.82) is 0 Å². The topological polar surface area (TPSA) is 90.3 Å². The van der Waals surface area contributed by atoms with E-state index >= 15 is 0 Å². The maximum absolute atomic E-state index is 12.5. The minimum atomic E-state index is -0.444. The highest BCUT2D eigenvalue weighted by Crippen LogP contribution is 2.24. The van der Waals surface area contributed by atoms with Gasteiger partial charge < -0.3 is 14.3 Å². The molecule has 1 aromatic carbocycles. The number of nitrogens with one attached hydrogen (secondary N) is 1. The Morgan fingerprint density at radius 3 is 2.78 bits per heavy atom. The number of benzene rings is 1. The summed E-state index contributed by atoms with van der Waals surface area (Å²) in [5.74, 6) is -0.149. The summed E-state index contributed by atoms with van der Waals surface area (Å²) in [4.78, 5) is 24.0. The number of oxazole rings is 1. The summed E-state index contributed by atoms with van der Waals surface area (Å²) in [5, 5.41) is 6.66. The van der Waals surface area contributed by atoms with Crippen LogP contribution in [0.2, 0.25) is 0 Å². The van der Waals surface area contributed by atoms with Crippen LogP contribution < -0.4 is 11.1 Å². The van der Waals surface area contributed by atoms with Crippen molar-refractivity contribution in [2.24, 2.45) is 7.05 Å². The number of nitrogens with zero attached hydrogens (tertiary/aromatic N) is 2. The number of anilines is 1. The zero-order chi connectivity index (χ0) is 16.7. The minimum Gasteiger partial charge on any atom is -0.408 e. The summed E-state index contributed by atoms with van der Waals surface area (Å²) < 4.78 is 11.8. The van der Waals surface area contributed by atoms with Crippen LogP contribution in [-0.2, 0) is 7.05 Å². The number of rotatable bonds is 3. The van der Waals surface area contributed by atoms with Crippen molar-refractivity contribution in [1.82, 2.24) is 9.72 Å². The summed E-state index contributed by atoms with van der Waals surface area (Å²) in [6, 6.07) is 5.05. The van der Waals surface area contributed by atoms with Crippen LogP contribution in [0.5, 0.6) is 0 Å². The molecule has 1 N–H and O–H groups in total. The van der Waals surface area contributed by atoms with Gasteiger partial charge in [-0.1, -0.05) is 19.0 Å². The van der Waals surface area contributed by atoms with E-state index in [9.17, 15) is 9.59 Å². The van der Waals surface area contributed by atoms with Crippen LogP contribution in [-0.4, -0.2) is 15.6 Å². The number of aryl methyl sites for hydroxylation is 2. The van der Waals surface area contributed by atoms with Crippen LogP contribution >= 0.6 is 0 Å². The normalized spacial score (nSPS) is 11.3. The van der Waals surface area contributed by atoms with Crippen molar-refractivity contribution in [3.05, 3.63) is 45.8 Å². The Kier molecular flexibility index (Phi) is 3.55. The molecule has 0 radical (unpaired) electrons. The number of carbonyl (C=O) groups is 1. The molecule has 0 fully saturated rings. The summed E-state index contributed by atoms with van der Waals surface area (Å²) in [6.45, 7) is 5.59. The molecule has 0 bridgehead atoms. The predicted octanol–water partition coefficient (Wildman–Crippen LogP) is 2.80. The molecule has 0 unspecified atom stereocenters. The molecule has 0 aliphatic rings. The van der Waals surface area contributed by atoms with Gasteiger partial charge in [0.1, 0.15) is 5.56 Å². The third-order valence-electron chi connectivity index (χ3n) is 3.69. The average molecular weight is 315 g/mol. The Bertz CT molecular complexity index is 946. The van der Waals surface area contributed by atoms with Gasteiger partial charge in [-0.05, 0) is 19.1 Å². The standard InChI is InChI=1S/C16H17N3O4/c1-8(2)14-13(9(3)18-23-14)15(20)17-10-5-6-11-12(7-10)22-16(21)19(11)4/h5-8H,1-4H3,(H,17,20). The van der Waals surface area contributed by atoms with Gasteiger partial charge in [-0.25, -0.2) is 4.79 Å². The number of hydrogen-bond acceptors (Lipinski definition) is 5. The lowest BCUT2D eigenvalue weighted by atomic mass is 10.0. The van der Waals surface area contributed by atoms with Gasteiger partial charge in [0.2, 0.25) is 0 Å². The van der Waals surface area contributed by atoms with E-state index in [1.54, 1.807) is 32.2 Å². The van der Waals surface area contributed by atoms with Crippen LogP contribution in [0.4, 0.5) is 5.69 Å². The Balaban J connectivity index is 1.94. The molecule has 0 aliphatic carbocycles. The van der Waals surface area contributed by atoms with Crippen molar-refractivity contribution in [2.75, 3.05) is 5.32 Å². The fourth-order valence-corrected chi connectivity index (χ4v) is 2.46. The monoisotopic (exact) mass is 315 g/mol. The molecule has 7 heteroatoms. The number of fused-ring (bicyclic) bond motifs is 1. The quantitative estimate of drug-likeness (QED) is 0.802. The van der Waals surface area contributed by atoms with E-state index in [1.165, 1.54) is 4.57 Å². The molecule has 0 spiro atoms. The number of amides is 1. The highest BCUT2D eigenvalue weighted by Gasteiger charge is 2.22. The third kappa shape index (κ3) is 2.54. The lowest BCUT2D eigenvalue weighted by molar-refractivity contribution is 0.102. The lowest BCUT2D eigenvalue weighted by Gasteiger charge is -2.07. The largest absolute Gasteiger partial charge is 0.419 e. The summed E-state index contributed by atoms with van der Waals surface area (Å²) in [5.41, 5.74) is 2.60. The SMILES string of the molecule is Cc1noc(C(C)C)c1C(=O)Nc1ccc2c(c1)oc(=O)n2C. The number of carbonyl (C=O) groups excluding carboxylic acids is 1. The van der Waals surface area contributed by atoms with Gasteiger partial charge in [0.15, 0.2) is 11.3 Å². The first kappa shape index (κ1) is 15.1. The van der Waals surface area contributed by atoms with Crippen molar-refractivity contribution in [3.63, 3.8) is 0 Å². The van der Waals surface area contributed by atoms with Gasteiger partial charge in [0.05, 0.1) is 11.2 Å². The van der Waals surface area contributed by atoms with Gasteiger partial charge >= 0.3 is 5.76 Å². The molecule has 2 heterocycles.